The van der Waals surface area contributed by atoms with Crippen LogP contribution in [0.3, 0.4) is 0 Å². The largest absolute Gasteiger partial charge is 0.306 e. The summed E-state index contributed by atoms with van der Waals surface area (Å²) in [6.07, 6.45) is 3.72. The Morgan fingerprint density at radius 3 is 3.10 bits per heavy atom. The Labute approximate surface area is 59.1 Å². The lowest BCUT2D eigenvalue weighted by Crippen LogP contribution is -1.78. The van der Waals surface area contributed by atoms with Gasteiger partial charge in [0, 0.05) is 6.20 Å². The molecule has 0 spiro atoms. The SMILES string of the molecule is [CH2]c1ncn2ccccc12. The fourth-order valence-corrected chi connectivity index (χ4v) is 0.999. The van der Waals surface area contributed by atoms with Gasteiger partial charge in [-0.3, -0.25) is 0 Å². The van der Waals surface area contributed by atoms with Crippen LogP contribution in [0.4, 0.5) is 0 Å². The molecule has 2 nitrogen and oxygen atoms in total. The van der Waals surface area contributed by atoms with Crippen molar-refractivity contribution in [2.24, 2.45) is 0 Å². The van der Waals surface area contributed by atoms with E-state index in [4.69, 9.17) is 0 Å². The number of fused-ring (bicyclic) bond motifs is 1. The highest BCUT2D eigenvalue weighted by molar-refractivity contribution is 5.52. The molecule has 0 aliphatic carbocycles. The zero-order valence-corrected chi connectivity index (χ0v) is 5.49. The summed E-state index contributed by atoms with van der Waals surface area (Å²) in [5.41, 5.74) is 1.91. The van der Waals surface area contributed by atoms with E-state index in [9.17, 15) is 0 Å². The highest BCUT2D eigenvalue weighted by Gasteiger charge is 1.94. The van der Waals surface area contributed by atoms with Gasteiger partial charge < -0.3 is 4.40 Å². The summed E-state index contributed by atoms with van der Waals surface area (Å²) in [6.45, 7) is 3.78. The third-order valence-electron chi connectivity index (χ3n) is 1.52. The lowest BCUT2D eigenvalue weighted by atomic mass is 10.3. The zero-order valence-electron chi connectivity index (χ0n) is 5.49. The summed E-state index contributed by atoms with van der Waals surface area (Å²) >= 11 is 0. The van der Waals surface area contributed by atoms with Crippen molar-refractivity contribution in [3.8, 4) is 0 Å². The van der Waals surface area contributed by atoms with Crippen molar-refractivity contribution < 1.29 is 0 Å². The van der Waals surface area contributed by atoms with E-state index < -0.39 is 0 Å². The van der Waals surface area contributed by atoms with Crippen LogP contribution in [-0.4, -0.2) is 9.38 Å². The summed E-state index contributed by atoms with van der Waals surface area (Å²) in [5.74, 6) is 0. The molecular formula is C8H7N2. The van der Waals surface area contributed by atoms with E-state index in [1.165, 1.54) is 0 Å². The first kappa shape index (κ1) is 5.47. The van der Waals surface area contributed by atoms with E-state index >= 15 is 0 Å². The highest BCUT2D eigenvalue weighted by atomic mass is 15.0. The molecule has 0 atom stereocenters. The standard InChI is InChI=1S/C8H7N2/c1-7-8-4-2-3-5-10(8)6-9-7/h2-6H,1H2. The van der Waals surface area contributed by atoms with E-state index in [2.05, 4.69) is 11.9 Å². The number of imidazole rings is 1. The second-order valence-electron chi connectivity index (χ2n) is 2.18. The Balaban J connectivity index is 2.93. The van der Waals surface area contributed by atoms with E-state index in [-0.39, 0.29) is 0 Å². The third-order valence-corrected chi connectivity index (χ3v) is 1.52. The summed E-state index contributed by atoms with van der Waals surface area (Å²) in [6, 6.07) is 5.94. The minimum atomic E-state index is 0.834. The van der Waals surface area contributed by atoms with Gasteiger partial charge in [0.2, 0.25) is 0 Å². The van der Waals surface area contributed by atoms with Crippen molar-refractivity contribution in [1.29, 1.82) is 0 Å². The molecule has 0 amide bonds. The number of pyridine rings is 1. The molecule has 1 radical (unpaired) electrons. The van der Waals surface area contributed by atoms with Crippen LogP contribution in [0.25, 0.3) is 5.52 Å². The Kier molecular flexibility index (Phi) is 1.01. The molecule has 0 bridgehead atoms. The van der Waals surface area contributed by atoms with Crippen molar-refractivity contribution in [3.05, 3.63) is 43.3 Å². The van der Waals surface area contributed by atoms with Gasteiger partial charge in [0.15, 0.2) is 0 Å². The molecule has 49 valence electrons. The maximum Gasteiger partial charge on any atom is 0.0995 e. The minimum absolute atomic E-state index is 0.834. The summed E-state index contributed by atoms with van der Waals surface area (Å²) in [7, 11) is 0. The van der Waals surface area contributed by atoms with Crippen LogP contribution in [-0.2, 0) is 0 Å². The first-order valence-corrected chi connectivity index (χ1v) is 3.11. The smallest absolute Gasteiger partial charge is 0.0995 e. The summed E-state index contributed by atoms with van der Waals surface area (Å²) in [4.78, 5) is 4.05. The van der Waals surface area contributed by atoms with Gasteiger partial charge >= 0.3 is 0 Å². The Hall–Kier alpha value is -1.31. The monoisotopic (exact) mass is 131 g/mol. The fourth-order valence-electron chi connectivity index (χ4n) is 0.999. The predicted molar refractivity (Wildman–Crippen MR) is 39.7 cm³/mol. The second kappa shape index (κ2) is 1.84. The summed E-state index contributed by atoms with van der Waals surface area (Å²) in [5, 5.41) is 0. The number of hydrogen-bond acceptors (Lipinski definition) is 1. The van der Waals surface area contributed by atoms with Crippen LogP contribution < -0.4 is 0 Å². The Bertz CT molecular complexity index is 349. The van der Waals surface area contributed by atoms with Crippen LogP contribution >= 0.6 is 0 Å². The molecule has 0 unspecified atom stereocenters. The molecule has 0 saturated heterocycles. The normalized spacial score (nSPS) is 10.5. The van der Waals surface area contributed by atoms with Gasteiger partial charge in [0.25, 0.3) is 0 Å². The van der Waals surface area contributed by atoms with Crippen LogP contribution in [0.1, 0.15) is 5.69 Å². The average Bonchev–Trinajstić information content (AvgIpc) is 2.34. The molecule has 2 heterocycles. The minimum Gasteiger partial charge on any atom is -0.306 e. The molecule has 0 fully saturated rings. The third kappa shape index (κ3) is 0.620. The van der Waals surface area contributed by atoms with Crippen LogP contribution in [0.2, 0.25) is 0 Å². The topological polar surface area (TPSA) is 17.3 Å². The van der Waals surface area contributed by atoms with Gasteiger partial charge in [-0.25, -0.2) is 4.98 Å². The molecule has 0 aromatic carbocycles. The molecule has 2 aromatic heterocycles. The van der Waals surface area contributed by atoms with Crippen molar-refractivity contribution in [3.63, 3.8) is 0 Å². The van der Waals surface area contributed by atoms with Gasteiger partial charge in [-0.2, -0.15) is 0 Å². The maximum atomic E-state index is 4.05. The van der Waals surface area contributed by atoms with Gasteiger partial charge in [-0.05, 0) is 19.1 Å². The van der Waals surface area contributed by atoms with E-state index in [0.717, 1.165) is 11.2 Å². The van der Waals surface area contributed by atoms with Crippen molar-refractivity contribution >= 4 is 5.52 Å². The lowest BCUT2D eigenvalue weighted by molar-refractivity contribution is 1.15. The van der Waals surface area contributed by atoms with E-state index in [0.29, 0.717) is 0 Å². The first-order valence-electron chi connectivity index (χ1n) is 3.11. The molecule has 2 heteroatoms. The van der Waals surface area contributed by atoms with Crippen LogP contribution in [0.15, 0.2) is 30.7 Å². The quantitative estimate of drug-likeness (QED) is 0.529. The van der Waals surface area contributed by atoms with E-state index in [1.54, 1.807) is 6.33 Å². The van der Waals surface area contributed by atoms with Gasteiger partial charge in [0.05, 0.1) is 17.5 Å². The molecule has 0 aliphatic rings. The Morgan fingerprint density at radius 2 is 2.30 bits per heavy atom. The number of nitrogens with zero attached hydrogens (tertiary/aromatic N) is 2. The number of rotatable bonds is 0. The molecule has 2 aromatic rings. The molecule has 0 N–H and O–H groups in total. The van der Waals surface area contributed by atoms with Gasteiger partial charge in [0.1, 0.15) is 0 Å². The van der Waals surface area contributed by atoms with E-state index in [1.807, 2.05) is 28.8 Å². The second-order valence-corrected chi connectivity index (χ2v) is 2.18. The molecule has 0 saturated carbocycles. The molecule has 0 aliphatic heterocycles. The van der Waals surface area contributed by atoms with Crippen molar-refractivity contribution in [2.45, 2.75) is 0 Å². The lowest BCUT2D eigenvalue weighted by Gasteiger charge is -1.89. The predicted octanol–water partition coefficient (Wildman–Crippen LogP) is 1.52. The zero-order chi connectivity index (χ0) is 6.97. The summed E-state index contributed by atoms with van der Waals surface area (Å²) < 4.78 is 1.95. The van der Waals surface area contributed by atoms with Crippen LogP contribution in [0, 0.1) is 6.92 Å². The Morgan fingerprint density at radius 1 is 1.40 bits per heavy atom. The van der Waals surface area contributed by atoms with Crippen molar-refractivity contribution in [1.82, 2.24) is 9.38 Å². The van der Waals surface area contributed by atoms with Crippen molar-refractivity contribution in [2.75, 3.05) is 0 Å². The van der Waals surface area contributed by atoms with Crippen LogP contribution in [0.5, 0.6) is 0 Å². The highest BCUT2D eigenvalue weighted by Crippen LogP contribution is 2.05. The first-order chi connectivity index (χ1) is 4.88. The average molecular weight is 131 g/mol. The molecule has 10 heavy (non-hydrogen) atoms. The van der Waals surface area contributed by atoms with Gasteiger partial charge in [-0.15, -0.1) is 0 Å². The number of aromatic nitrogens is 2. The molecular weight excluding hydrogens is 124 g/mol. The van der Waals surface area contributed by atoms with Gasteiger partial charge in [-0.1, -0.05) is 6.07 Å². The number of hydrogen-bond donors (Lipinski definition) is 0. The fraction of sp³-hybridized carbons (Fsp3) is 0. The maximum absolute atomic E-state index is 4.05. The molecule has 2 rings (SSSR count).